The molecule has 16 N–H and O–H groups in total. The van der Waals surface area contributed by atoms with Crippen LogP contribution in [0.1, 0.15) is 38.5 Å². The number of hydrogen-bond acceptors (Lipinski definition) is 12. The van der Waals surface area contributed by atoms with Gasteiger partial charge in [-0.2, -0.15) is 0 Å². The zero-order chi connectivity index (χ0) is 30.8. The van der Waals surface area contributed by atoms with Gasteiger partial charge in [0.1, 0.15) is 18.1 Å². The van der Waals surface area contributed by atoms with Crippen LogP contribution in [-0.2, 0) is 33.6 Å². The van der Waals surface area contributed by atoms with Gasteiger partial charge in [-0.3, -0.25) is 33.6 Å². The SMILES string of the molecule is NCC(=O)O.NCC(=O)O.N[C@@H](CCC(=O)O)C(=O)O.N[C@@H](CCC(=O)O)C(=O)O.O=C(O)[C@@H]1CCCN1. The first kappa shape index (κ1) is 41.2. The van der Waals surface area contributed by atoms with Crippen molar-refractivity contribution in [3.05, 3.63) is 0 Å². The second-order valence-electron chi connectivity index (χ2n) is 6.94. The van der Waals surface area contributed by atoms with Crippen molar-refractivity contribution in [2.75, 3.05) is 19.6 Å². The summed E-state index contributed by atoms with van der Waals surface area (Å²) in [6, 6.07) is -2.39. The average molecular weight is 560 g/mol. The quantitative estimate of drug-likeness (QED) is 0.116. The fourth-order valence-corrected chi connectivity index (χ4v) is 1.70. The molecule has 1 heterocycles. The molecule has 222 valence electrons. The van der Waals surface area contributed by atoms with Gasteiger partial charge in [0.05, 0.1) is 13.1 Å². The summed E-state index contributed by atoms with van der Waals surface area (Å²) in [7, 11) is 0. The highest BCUT2D eigenvalue weighted by Gasteiger charge is 2.20. The molecule has 1 aliphatic heterocycles. The van der Waals surface area contributed by atoms with Crippen molar-refractivity contribution in [2.24, 2.45) is 22.9 Å². The molecule has 0 unspecified atom stereocenters. The molecule has 19 nitrogen and oxygen atoms in total. The second-order valence-corrected chi connectivity index (χ2v) is 6.94. The lowest BCUT2D eigenvalue weighted by Crippen LogP contribution is -2.30. The lowest BCUT2D eigenvalue weighted by Gasteiger charge is -2.01. The number of aliphatic carboxylic acids is 7. The van der Waals surface area contributed by atoms with Crippen LogP contribution in [0.25, 0.3) is 0 Å². The molecular weight excluding hydrogens is 522 g/mol. The lowest BCUT2D eigenvalue weighted by atomic mass is 10.2. The molecule has 0 aliphatic carbocycles. The first-order chi connectivity index (χ1) is 17.4. The molecule has 0 aromatic rings. The number of rotatable bonds is 11. The summed E-state index contributed by atoms with van der Waals surface area (Å²) in [6.07, 6.45) is 1.34. The van der Waals surface area contributed by atoms with Crippen LogP contribution < -0.4 is 28.3 Å². The zero-order valence-electron chi connectivity index (χ0n) is 20.4. The molecule has 1 saturated heterocycles. The maximum atomic E-state index is 10.1. The van der Waals surface area contributed by atoms with E-state index in [9.17, 15) is 33.6 Å². The average Bonchev–Trinajstić information content (AvgIpc) is 3.37. The van der Waals surface area contributed by atoms with Gasteiger partial charge in [-0.1, -0.05) is 0 Å². The molecule has 0 aromatic heterocycles. The van der Waals surface area contributed by atoms with Crippen LogP contribution in [0.4, 0.5) is 0 Å². The van der Waals surface area contributed by atoms with Gasteiger partial charge in [-0.15, -0.1) is 0 Å². The highest BCUT2D eigenvalue weighted by molar-refractivity contribution is 5.75. The van der Waals surface area contributed by atoms with Crippen molar-refractivity contribution >= 4 is 41.8 Å². The van der Waals surface area contributed by atoms with Gasteiger partial charge < -0.3 is 64.0 Å². The minimum atomic E-state index is -1.17. The summed E-state index contributed by atoms with van der Waals surface area (Å²) in [4.78, 5) is 68.4. The zero-order valence-corrected chi connectivity index (χ0v) is 20.4. The fourth-order valence-electron chi connectivity index (χ4n) is 1.70. The molecule has 0 aromatic carbocycles. The summed E-state index contributed by atoms with van der Waals surface area (Å²) >= 11 is 0. The third-order valence-electron chi connectivity index (χ3n) is 3.68. The molecule has 19 heteroatoms. The predicted octanol–water partition coefficient (Wildman–Crippen LogP) is -3.59. The maximum Gasteiger partial charge on any atom is 0.320 e. The summed E-state index contributed by atoms with van der Waals surface area (Å²) in [5, 5.41) is 58.9. The molecule has 0 saturated carbocycles. The first-order valence-electron chi connectivity index (χ1n) is 10.6. The highest BCUT2D eigenvalue weighted by Crippen LogP contribution is 2.03. The van der Waals surface area contributed by atoms with Crippen molar-refractivity contribution in [3.63, 3.8) is 0 Å². The molecule has 0 radical (unpaired) electrons. The number of hydrogen-bond donors (Lipinski definition) is 12. The first-order valence-corrected chi connectivity index (χ1v) is 10.6. The Bertz CT molecular complexity index is 695. The van der Waals surface area contributed by atoms with E-state index in [-0.39, 0.29) is 44.8 Å². The minimum absolute atomic E-state index is 0.0231. The highest BCUT2D eigenvalue weighted by atomic mass is 16.4. The maximum absolute atomic E-state index is 10.1. The lowest BCUT2D eigenvalue weighted by molar-refractivity contribution is -0.141. The van der Waals surface area contributed by atoms with Crippen LogP contribution in [0, 0.1) is 0 Å². The molecular formula is C19H37N5O14. The van der Waals surface area contributed by atoms with Gasteiger partial charge in [0.2, 0.25) is 0 Å². The molecule has 3 atom stereocenters. The third-order valence-corrected chi connectivity index (χ3v) is 3.68. The van der Waals surface area contributed by atoms with E-state index in [0.717, 1.165) is 19.4 Å². The standard InChI is InChI=1S/2C5H9NO4.C5H9NO2.2C2H5NO2/c2*6-3(5(9)10)1-2-4(7)8;7-5(8)4-2-1-3-6-4;2*3-1-2(4)5/h2*3H,1-2,6H2,(H,7,8)(H,9,10);4,6H,1-3H2,(H,7,8);2*1,3H2,(H,4,5)/t2*3-;4-;;/m000../s1. The fraction of sp³-hybridized carbons (Fsp3) is 0.632. The molecule has 0 bridgehead atoms. The topological polar surface area (TPSA) is 377 Å². The number of carbonyl (C=O) groups is 7. The number of nitrogens with one attached hydrogen (secondary N) is 1. The van der Waals surface area contributed by atoms with Crippen molar-refractivity contribution in [2.45, 2.75) is 56.7 Å². The van der Waals surface area contributed by atoms with Crippen molar-refractivity contribution in [3.8, 4) is 0 Å². The predicted molar refractivity (Wildman–Crippen MR) is 127 cm³/mol. The number of carboxylic acids is 7. The van der Waals surface area contributed by atoms with Crippen LogP contribution in [0.15, 0.2) is 0 Å². The summed E-state index contributed by atoms with van der Waals surface area (Å²) < 4.78 is 0. The van der Waals surface area contributed by atoms with E-state index in [1.165, 1.54) is 0 Å². The minimum Gasteiger partial charge on any atom is -0.481 e. The number of carboxylic acid groups (broad SMARTS) is 7. The molecule has 0 spiro atoms. The van der Waals surface area contributed by atoms with Gasteiger partial charge in [0, 0.05) is 12.8 Å². The van der Waals surface area contributed by atoms with Gasteiger partial charge in [0.25, 0.3) is 0 Å². The summed E-state index contributed by atoms with van der Waals surface area (Å²) in [5.74, 6) is -7.05. The Morgan fingerprint density at radius 3 is 1.11 bits per heavy atom. The van der Waals surface area contributed by atoms with E-state index in [0.29, 0.717) is 0 Å². The van der Waals surface area contributed by atoms with Crippen molar-refractivity contribution in [1.29, 1.82) is 0 Å². The van der Waals surface area contributed by atoms with E-state index in [1.54, 1.807) is 0 Å². The van der Waals surface area contributed by atoms with E-state index in [2.05, 4.69) is 16.8 Å². The van der Waals surface area contributed by atoms with Crippen LogP contribution in [0.5, 0.6) is 0 Å². The Morgan fingerprint density at radius 1 is 0.658 bits per heavy atom. The molecule has 0 amide bonds. The largest absolute Gasteiger partial charge is 0.481 e. The van der Waals surface area contributed by atoms with Gasteiger partial charge in [0.15, 0.2) is 0 Å². The van der Waals surface area contributed by atoms with Gasteiger partial charge >= 0.3 is 41.8 Å². The van der Waals surface area contributed by atoms with Gasteiger partial charge in [-0.05, 0) is 32.2 Å². The molecule has 1 fully saturated rings. The summed E-state index contributed by atoms with van der Waals surface area (Å²) in [5.41, 5.74) is 19.1. The second kappa shape index (κ2) is 26.2. The third kappa shape index (κ3) is 36.7. The van der Waals surface area contributed by atoms with E-state index >= 15 is 0 Å². The van der Waals surface area contributed by atoms with Crippen molar-refractivity contribution in [1.82, 2.24) is 5.32 Å². The van der Waals surface area contributed by atoms with Crippen LogP contribution in [0.3, 0.4) is 0 Å². The van der Waals surface area contributed by atoms with Crippen LogP contribution >= 0.6 is 0 Å². The monoisotopic (exact) mass is 559 g/mol. The molecule has 1 rings (SSSR count). The molecule has 38 heavy (non-hydrogen) atoms. The molecule has 1 aliphatic rings. The summed E-state index contributed by atoms with van der Waals surface area (Å²) in [6.45, 7) is 0.303. The Kier molecular flexibility index (Phi) is 28.4. The Hall–Kier alpha value is -3.91. The number of nitrogens with two attached hydrogens (primary N) is 4. The Balaban J connectivity index is -0.000000196. The van der Waals surface area contributed by atoms with E-state index < -0.39 is 53.9 Å². The van der Waals surface area contributed by atoms with Gasteiger partial charge in [-0.25, -0.2) is 0 Å². The van der Waals surface area contributed by atoms with E-state index in [1.807, 2.05) is 0 Å². The van der Waals surface area contributed by atoms with Crippen LogP contribution in [-0.4, -0.2) is 115 Å². The Labute approximate surface area is 216 Å². The van der Waals surface area contributed by atoms with E-state index in [4.69, 9.17) is 47.2 Å². The van der Waals surface area contributed by atoms with Crippen LogP contribution in [0.2, 0.25) is 0 Å². The Morgan fingerprint density at radius 2 is 0.974 bits per heavy atom. The van der Waals surface area contributed by atoms with Crippen molar-refractivity contribution < 1.29 is 69.3 Å². The smallest absolute Gasteiger partial charge is 0.320 e. The normalized spacial score (nSPS) is 14.5.